The van der Waals surface area contributed by atoms with E-state index >= 15 is 0 Å². The fourth-order valence-electron chi connectivity index (χ4n) is 1.22. The quantitative estimate of drug-likeness (QED) is 0.278. The van der Waals surface area contributed by atoms with E-state index in [9.17, 15) is 19.0 Å². The summed E-state index contributed by atoms with van der Waals surface area (Å²) in [5.74, 6) is -1.22. The molecular weight excluding hydrogens is 305 g/mol. The van der Waals surface area contributed by atoms with Gasteiger partial charge in [0.25, 0.3) is 7.82 Å². The monoisotopic (exact) mass is 327 g/mol. The van der Waals surface area contributed by atoms with Gasteiger partial charge in [0.05, 0.1) is 19.7 Å². The molecule has 0 spiro atoms. The van der Waals surface area contributed by atoms with E-state index in [0.29, 0.717) is 6.54 Å². The number of carbonyl (C=O) groups excluding carboxylic acids is 2. The van der Waals surface area contributed by atoms with Crippen molar-refractivity contribution in [3.8, 4) is 0 Å². The zero-order valence-electron chi connectivity index (χ0n) is 12.4. The lowest BCUT2D eigenvalue weighted by Gasteiger charge is -2.25. The molecule has 21 heavy (non-hydrogen) atoms. The van der Waals surface area contributed by atoms with Crippen molar-refractivity contribution in [2.24, 2.45) is 0 Å². The first-order valence-electron chi connectivity index (χ1n) is 6.49. The molecular formula is C11H22NO8P. The van der Waals surface area contributed by atoms with Crippen molar-refractivity contribution >= 4 is 19.8 Å². The summed E-state index contributed by atoms with van der Waals surface area (Å²) in [6.45, 7) is 4.75. The van der Waals surface area contributed by atoms with Crippen molar-refractivity contribution in [1.29, 1.82) is 0 Å². The summed E-state index contributed by atoms with van der Waals surface area (Å²) >= 11 is 0. The van der Waals surface area contributed by atoms with Gasteiger partial charge in [0.2, 0.25) is 0 Å². The van der Waals surface area contributed by atoms with Crippen molar-refractivity contribution in [3.63, 3.8) is 0 Å². The Labute approximate surface area is 123 Å². The SMILES string of the molecule is CC[NH2+]CCOP(=O)([O-])OCC(COC(C)=O)OC(C)=O. The first kappa shape index (κ1) is 20.0. The predicted molar refractivity (Wildman–Crippen MR) is 69.0 cm³/mol. The van der Waals surface area contributed by atoms with Gasteiger partial charge in [-0.1, -0.05) is 0 Å². The molecule has 0 aromatic heterocycles. The van der Waals surface area contributed by atoms with Gasteiger partial charge < -0.3 is 28.7 Å². The van der Waals surface area contributed by atoms with Gasteiger partial charge in [-0.05, 0) is 6.92 Å². The average Bonchev–Trinajstić information content (AvgIpc) is 2.37. The molecule has 0 radical (unpaired) electrons. The van der Waals surface area contributed by atoms with E-state index in [1.165, 1.54) is 6.92 Å². The summed E-state index contributed by atoms with van der Waals surface area (Å²) in [5, 5.41) is 1.86. The lowest BCUT2D eigenvalue weighted by atomic mass is 10.4. The summed E-state index contributed by atoms with van der Waals surface area (Å²) in [4.78, 5) is 33.0. The van der Waals surface area contributed by atoms with Crippen LogP contribution in [-0.4, -0.2) is 51.0 Å². The number of phosphoric acid groups is 1. The zero-order chi connectivity index (χ0) is 16.3. The molecule has 0 fully saturated rings. The second kappa shape index (κ2) is 10.7. The van der Waals surface area contributed by atoms with Crippen LogP contribution < -0.4 is 10.2 Å². The minimum atomic E-state index is -4.48. The number of rotatable bonds is 11. The maximum Gasteiger partial charge on any atom is 0.303 e. The summed E-state index contributed by atoms with van der Waals surface area (Å²) in [7, 11) is -4.48. The number of quaternary nitrogens is 1. The van der Waals surface area contributed by atoms with Crippen LogP contribution in [0.4, 0.5) is 0 Å². The molecule has 124 valence electrons. The van der Waals surface area contributed by atoms with Crippen LogP contribution in [0.5, 0.6) is 0 Å². The summed E-state index contributed by atoms with van der Waals surface area (Å²) in [6.07, 6.45) is -1.01. The molecule has 0 aromatic rings. The fourth-order valence-corrected chi connectivity index (χ4v) is 1.98. The first-order chi connectivity index (χ1) is 9.76. The standard InChI is InChI=1S/C11H22NO8P/c1-4-12-5-6-18-21(15,16)19-8-11(20-10(3)14)7-17-9(2)13/h11-12H,4-8H2,1-3H3,(H,15,16). The van der Waals surface area contributed by atoms with E-state index in [4.69, 9.17) is 4.74 Å². The molecule has 0 aliphatic carbocycles. The Morgan fingerprint density at radius 2 is 1.86 bits per heavy atom. The van der Waals surface area contributed by atoms with E-state index in [1.54, 1.807) is 0 Å². The van der Waals surface area contributed by atoms with Crippen molar-refractivity contribution in [2.75, 3.05) is 32.9 Å². The molecule has 9 nitrogen and oxygen atoms in total. The molecule has 2 atom stereocenters. The van der Waals surface area contributed by atoms with E-state index < -0.39 is 32.5 Å². The summed E-state index contributed by atoms with van der Waals surface area (Å²) < 4.78 is 30.1. The molecule has 0 aromatic carbocycles. The van der Waals surface area contributed by atoms with Crippen LogP contribution in [0.3, 0.4) is 0 Å². The Hall–Kier alpha value is -0.990. The highest BCUT2D eigenvalue weighted by Crippen LogP contribution is 2.37. The molecule has 0 saturated heterocycles. The summed E-state index contributed by atoms with van der Waals surface area (Å²) in [6, 6.07) is 0. The topological polar surface area (TPSA) is 128 Å². The molecule has 0 heterocycles. The van der Waals surface area contributed by atoms with Crippen molar-refractivity contribution in [3.05, 3.63) is 0 Å². The van der Waals surface area contributed by atoms with Gasteiger partial charge in [-0.25, -0.2) is 0 Å². The smallest absolute Gasteiger partial charge is 0.303 e. The van der Waals surface area contributed by atoms with Crippen LogP contribution in [0, 0.1) is 0 Å². The third kappa shape index (κ3) is 12.5. The molecule has 0 saturated carbocycles. The molecule has 0 aliphatic heterocycles. The van der Waals surface area contributed by atoms with Gasteiger partial charge in [0.1, 0.15) is 13.2 Å². The Morgan fingerprint density at radius 1 is 1.19 bits per heavy atom. The lowest BCUT2D eigenvalue weighted by molar-refractivity contribution is -0.652. The Balaban J connectivity index is 4.20. The van der Waals surface area contributed by atoms with Crippen LogP contribution >= 0.6 is 7.82 Å². The molecule has 0 rings (SSSR count). The second-order valence-electron chi connectivity index (χ2n) is 4.10. The Morgan fingerprint density at radius 3 is 2.38 bits per heavy atom. The fraction of sp³-hybridized carbons (Fsp3) is 0.818. The molecule has 0 amide bonds. The first-order valence-corrected chi connectivity index (χ1v) is 7.95. The second-order valence-corrected chi connectivity index (χ2v) is 5.51. The normalized spacial score (nSPS) is 15.0. The largest absolute Gasteiger partial charge is 0.756 e. The van der Waals surface area contributed by atoms with Gasteiger partial charge >= 0.3 is 11.9 Å². The molecule has 2 unspecified atom stereocenters. The summed E-state index contributed by atoms with van der Waals surface area (Å²) in [5.41, 5.74) is 0. The maximum absolute atomic E-state index is 11.4. The van der Waals surface area contributed by atoms with Crippen LogP contribution in [0.1, 0.15) is 20.8 Å². The highest BCUT2D eigenvalue weighted by Gasteiger charge is 2.18. The van der Waals surface area contributed by atoms with Gasteiger partial charge in [-0.15, -0.1) is 0 Å². The highest BCUT2D eigenvalue weighted by molar-refractivity contribution is 7.45. The van der Waals surface area contributed by atoms with Crippen LogP contribution in [0.2, 0.25) is 0 Å². The van der Waals surface area contributed by atoms with E-state index in [2.05, 4.69) is 13.8 Å². The van der Waals surface area contributed by atoms with Crippen LogP contribution in [-0.2, 0) is 32.7 Å². The number of phosphoric ester groups is 1. The maximum atomic E-state index is 11.4. The highest BCUT2D eigenvalue weighted by atomic mass is 31.2. The van der Waals surface area contributed by atoms with Crippen molar-refractivity contribution < 1.29 is 42.9 Å². The van der Waals surface area contributed by atoms with E-state index in [1.807, 2.05) is 12.2 Å². The Bertz CT molecular complexity index is 375. The average molecular weight is 327 g/mol. The molecule has 0 aliphatic rings. The number of carbonyl (C=O) groups is 2. The molecule has 2 N–H and O–H groups in total. The molecule has 0 bridgehead atoms. The third-order valence-electron chi connectivity index (χ3n) is 2.08. The van der Waals surface area contributed by atoms with Crippen molar-refractivity contribution in [2.45, 2.75) is 26.9 Å². The van der Waals surface area contributed by atoms with Crippen molar-refractivity contribution in [1.82, 2.24) is 0 Å². The third-order valence-corrected chi connectivity index (χ3v) is 3.05. The van der Waals surface area contributed by atoms with Gasteiger partial charge in [0, 0.05) is 13.8 Å². The number of ether oxygens (including phenoxy) is 2. The number of hydrogen-bond donors (Lipinski definition) is 1. The number of hydrogen-bond acceptors (Lipinski definition) is 8. The van der Waals surface area contributed by atoms with Gasteiger partial charge in [0.15, 0.2) is 6.10 Å². The number of esters is 2. The predicted octanol–water partition coefficient (Wildman–Crippen LogP) is -1.43. The lowest BCUT2D eigenvalue weighted by Crippen LogP contribution is -2.84. The van der Waals surface area contributed by atoms with Gasteiger partial charge in [-0.2, -0.15) is 0 Å². The van der Waals surface area contributed by atoms with Crippen LogP contribution in [0.25, 0.3) is 0 Å². The Kier molecular flexibility index (Phi) is 10.2. The van der Waals surface area contributed by atoms with E-state index in [0.717, 1.165) is 13.5 Å². The number of likely N-dealkylation sites (N-methyl/N-ethyl adjacent to an activating group) is 1. The van der Waals surface area contributed by atoms with Crippen LogP contribution in [0.15, 0.2) is 0 Å². The minimum absolute atomic E-state index is 0.0171. The molecule has 10 heteroatoms. The minimum Gasteiger partial charge on any atom is -0.756 e. The van der Waals surface area contributed by atoms with E-state index in [-0.39, 0.29) is 13.2 Å². The zero-order valence-corrected chi connectivity index (χ0v) is 13.3. The number of nitrogens with two attached hydrogens (primary N) is 1. The van der Waals surface area contributed by atoms with Gasteiger partial charge in [-0.3, -0.25) is 14.2 Å².